The second-order valence-electron chi connectivity index (χ2n) is 8.82. The maximum atomic E-state index is 13.6. The lowest BCUT2D eigenvalue weighted by Gasteiger charge is -2.42. The van der Waals surface area contributed by atoms with Crippen molar-refractivity contribution in [1.82, 2.24) is 4.98 Å². The Morgan fingerprint density at radius 3 is 2.45 bits per heavy atom. The van der Waals surface area contributed by atoms with Crippen LogP contribution in [0, 0.1) is 29.6 Å². The van der Waals surface area contributed by atoms with Crippen molar-refractivity contribution in [1.29, 1.82) is 0 Å². The summed E-state index contributed by atoms with van der Waals surface area (Å²) < 4.78 is 0. The monoisotopic (exact) mass is 466 g/mol. The molecule has 4 heterocycles. The number of hydrogen-bond acceptors (Lipinski definition) is 6. The van der Waals surface area contributed by atoms with Gasteiger partial charge in [-0.2, -0.15) is 0 Å². The zero-order valence-electron chi connectivity index (χ0n) is 16.3. The molecule has 2 amide bonds. The van der Waals surface area contributed by atoms with Gasteiger partial charge in [0.2, 0.25) is 11.8 Å². The van der Waals surface area contributed by atoms with Crippen molar-refractivity contribution >= 4 is 51.9 Å². The van der Waals surface area contributed by atoms with Gasteiger partial charge in [0, 0.05) is 20.9 Å². The lowest BCUT2D eigenvalue weighted by Crippen LogP contribution is -2.42. The number of aromatic amines is 1. The molecule has 4 aliphatic rings. The van der Waals surface area contributed by atoms with Gasteiger partial charge in [0.15, 0.2) is 0 Å². The number of benzene rings is 1. The van der Waals surface area contributed by atoms with E-state index in [1.807, 2.05) is 30.3 Å². The van der Waals surface area contributed by atoms with E-state index in [1.165, 1.54) is 21.1 Å². The molecule has 2 aliphatic heterocycles. The van der Waals surface area contributed by atoms with Gasteiger partial charge in [-0.05, 0) is 47.8 Å². The van der Waals surface area contributed by atoms with E-state index in [0.717, 1.165) is 16.3 Å². The van der Waals surface area contributed by atoms with Crippen molar-refractivity contribution in [3.63, 3.8) is 0 Å². The van der Waals surface area contributed by atoms with E-state index >= 15 is 0 Å². The molecule has 3 fully saturated rings. The molecule has 156 valence electrons. The predicted molar refractivity (Wildman–Crippen MR) is 122 cm³/mol. The van der Waals surface area contributed by atoms with E-state index in [4.69, 9.17) is 0 Å². The maximum Gasteiger partial charge on any atom is 0.305 e. The smallest absolute Gasteiger partial charge is 0.305 e. The summed E-state index contributed by atoms with van der Waals surface area (Å²) in [5, 5.41) is 3.30. The van der Waals surface area contributed by atoms with Crippen LogP contribution < -0.4 is 9.77 Å². The van der Waals surface area contributed by atoms with Crippen molar-refractivity contribution in [3.8, 4) is 0 Å². The van der Waals surface area contributed by atoms with E-state index in [-0.39, 0.29) is 57.4 Å². The first kappa shape index (κ1) is 18.4. The molecule has 3 aromatic rings. The number of para-hydroxylation sites is 1. The van der Waals surface area contributed by atoms with Crippen LogP contribution in [0.4, 0.5) is 5.69 Å². The van der Waals surface area contributed by atoms with E-state index in [2.05, 4.69) is 22.5 Å². The number of amides is 2. The average Bonchev–Trinajstić information content (AvgIpc) is 3.56. The van der Waals surface area contributed by atoms with Crippen molar-refractivity contribution < 1.29 is 9.59 Å². The fourth-order valence-corrected chi connectivity index (χ4v) is 10.5. The topological polar surface area (TPSA) is 70.2 Å². The van der Waals surface area contributed by atoms with E-state index in [9.17, 15) is 14.4 Å². The zero-order chi connectivity index (χ0) is 20.9. The number of thiophene rings is 1. The van der Waals surface area contributed by atoms with Crippen LogP contribution in [0.15, 0.2) is 57.7 Å². The first-order valence-electron chi connectivity index (χ1n) is 10.5. The molecule has 7 rings (SSSR count). The number of rotatable bonds is 2. The van der Waals surface area contributed by atoms with Gasteiger partial charge in [-0.25, -0.2) is 0 Å². The Morgan fingerprint density at radius 2 is 1.71 bits per heavy atom. The minimum absolute atomic E-state index is 0.0195. The Kier molecular flexibility index (Phi) is 3.82. The Morgan fingerprint density at radius 1 is 0.935 bits per heavy atom. The molecule has 0 spiro atoms. The summed E-state index contributed by atoms with van der Waals surface area (Å²) in [6.07, 6.45) is 0.929. The van der Waals surface area contributed by atoms with Crippen molar-refractivity contribution in [2.45, 2.75) is 22.6 Å². The number of thiazole rings is 1. The number of nitrogens with one attached hydrogen (secondary N) is 1. The number of hydrogen-bond donors (Lipinski definition) is 1. The number of thioether (sulfide) groups is 1. The van der Waals surface area contributed by atoms with Gasteiger partial charge in [0.05, 0.1) is 22.5 Å². The summed E-state index contributed by atoms with van der Waals surface area (Å²) in [6.45, 7) is 0. The minimum atomic E-state index is -0.237. The first-order chi connectivity index (χ1) is 15.1. The molecule has 0 radical (unpaired) electrons. The number of carbonyl (C=O) groups excluding carboxylic acids is 2. The molecule has 2 saturated carbocycles. The molecular formula is C23H18N2O3S3. The average molecular weight is 467 g/mol. The fraction of sp³-hybridized carbons (Fsp3) is 0.348. The van der Waals surface area contributed by atoms with E-state index in [1.54, 1.807) is 23.1 Å². The van der Waals surface area contributed by atoms with Gasteiger partial charge in [-0.1, -0.05) is 35.6 Å². The fourth-order valence-electron chi connectivity index (χ4n) is 6.64. The van der Waals surface area contributed by atoms with Crippen LogP contribution >= 0.6 is 34.4 Å². The van der Waals surface area contributed by atoms with Crippen LogP contribution in [-0.4, -0.2) is 22.0 Å². The molecule has 2 bridgehead atoms. The van der Waals surface area contributed by atoms with Gasteiger partial charge in [0.1, 0.15) is 0 Å². The van der Waals surface area contributed by atoms with E-state index in [0.29, 0.717) is 5.69 Å². The molecule has 8 heteroatoms. The molecule has 0 unspecified atom stereocenters. The highest BCUT2D eigenvalue weighted by Gasteiger charge is 2.69. The summed E-state index contributed by atoms with van der Waals surface area (Å²) in [6, 6.07) is 13.5. The van der Waals surface area contributed by atoms with Crippen LogP contribution in [-0.2, 0) is 9.59 Å². The molecular weight excluding hydrogens is 448 g/mol. The second kappa shape index (κ2) is 6.43. The third-order valence-electron chi connectivity index (χ3n) is 7.59. The SMILES string of the molecule is O=C1[C@@H]2[C@@H]3C[C@@H]([C@H]4Sc5[nH]c(=O)sc5[C@H](c5cccs5)[C@@H]34)[C@@H]2C(=O)N1c1ccccc1. The van der Waals surface area contributed by atoms with E-state index < -0.39 is 0 Å². The standard InChI is InChI=1S/C23H18N2O3S3/c26-21-15-11-9-12(16(15)22(27)25(21)10-5-2-1-3-6-10)18-14(11)17(13-7-4-8-29-13)19-20(30-18)24-23(28)31-19/h1-8,11-12,14-18H,9H2,(H,24,28)/t11-,12-,14-,15-,16+,17-,18-/m1/s1. The van der Waals surface area contributed by atoms with Crippen LogP contribution in [0.25, 0.3) is 0 Å². The number of H-pyrrole nitrogens is 1. The van der Waals surface area contributed by atoms with Gasteiger partial charge in [0.25, 0.3) is 0 Å². The van der Waals surface area contributed by atoms with Gasteiger partial charge < -0.3 is 4.98 Å². The van der Waals surface area contributed by atoms with Crippen molar-refractivity contribution in [3.05, 3.63) is 67.3 Å². The Balaban J connectivity index is 1.34. The molecule has 2 aliphatic carbocycles. The number of fused-ring (bicyclic) bond motifs is 9. The van der Waals surface area contributed by atoms with Gasteiger partial charge in [-0.3, -0.25) is 19.3 Å². The van der Waals surface area contributed by atoms with Crippen molar-refractivity contribution in [2.24, 2.45) is 29.6 Å². The largest absolute Gasteiger partial charge is 0.307 e. The Hall–Kier alpha value is -2.16. The van der Waals surface area contributed by atoms with Crippen LogP contribution in [0.1, 0.15) is 22.1 Å². The highest BCUT2D eigenvalue weighted by molar-refractivity contribution is 8.00. The summed E-state index contributed by atoms with van der Waals surface area (Å²) in [4.78, 5) is 46.1. The van der Waals surface area contributed by atoms with Gasteiger partial charge in [-0.15, -0.1) is 23.1 Å². The molecule has 2 aromatic heterocycles. The number of carbonyl (C=O) groups is 2. The quantitative estimate of drug-likeness (QED) is 0.576. The second-order valence-corrected chi connectivity index (χ2v) is 12.0. The predicted octanol–water partition coefficient (Wildman–Crippen LogP) is 4.18. The molecule has 31 heavy (non-hydrogen) atoms. The number of nitrogens with zero attached hydrogens (tertiary/aromatic N) is 1. The Labute approximate surface area is 190 Å². The molecule has 1 N–H and O–H groups in total. The third-order valence-corrected chi connectivity index (χ3v) is 11.1. The molecule has 1 saturated heterocycles. The van der Waals surface area contributed by atoms with Crippen LogP contribution in [0.2, 0.25) is 0 Å². The zero-order valence-corrected chi connectivity index (χ0v) is 18.7. The van der Waals surface area contributed by atoms with Crippen LogP contribution in [0.5, 0.6) is 0 Å². The number of imide groups is 1. The minimum Gasteiger partial charge on any atom is -0.307 e. The molecule has 1 aromatic carbocycles. The van der Waals surface area contributed by atoms with Crippen LogP contribution in [0.3, 0.4) is 0 Å². The summed E-state index contributed by atoms with van der Waals surface area (Å²) in [5.41, 5.74) is 0.681. The highest BCUT2D eigenvalue weighted by atomic mass is 32.2. The summed E-state index contributed by atoms with van der Waals surface area (Å²) in [5.74, 6) is 0.224. The molecule has 5 nitrogen and oxygen atoms in total. The van der Waals surface area contributed by atoms with Crippen molar-refractivity contribution in [2.75, 3.05) is 4.90 Å². The van der Waals surface area contributed by atoms with Gasteiger partial charge >= 0.3 is 4.87 Å². The third kappa shape index (κ3) is 2.36. The number of aromatic nitrogens is 1. The lowest BCUT2D eigenvalue weighted by atomic mass is 9.69. The lowest BCUT2D eigenvalue weighted by molar-refractivity contribution is -0.123. The normalized spacial score (nSPS) is 35.4. The Bertz CT molecular complexity index is 1260. The first-order valence-corrected chi connectivity index (χ1v) is 13.1. The molecule has 7 atom stereocenters. The number of anilines is 1. The highest BCUT2D eigenvalue weighted by Crippen LogP contribution is 2.68. The maximum absolute atomic E-state index is 13.6. The summed E-state index contributed by atoms with van der Waals surface area (Å²) >= 11 is 4.77. The summed E-state index contributed by atoms with van der Waals surface area (Å²) in [7, 11) is 0.